The molecule has 4 rings (SSSR count). The Morgan fingerprint density at radius 2 is 1.50 bits per heavy atom. The first-order chi connectivity index (χ1) is 8.86. The fourth-order valence-electron chi connectivity index (χ4n) is 3.13. The van der Waals surface area contributed by atoms with Gasteiger partial charge in [-0.25, -0.2) is 0 Å². The molecule has 0 heterocycles. The van der Waals surface area contributed by atoms with E-state index in [1.807, 2.05) is 0 Å². The first kappa shape index (κ1) is 9.90. The highest BCUT2D eigenvalue weighted by Gasteiger charge is 2.26. The van der Waals surface area contributed by atoms with Gasteiger partial charge in [0.25, 0.3) is 0 Å². The summed E-state index contributed by atoms with van der Waals surface area (Å²) in [6.07, 6.45) is 5.57. The lowest BCUT2D eigenvalue weighted by Gasteiger charge is -2.27. The van der Waals surface area contributed by atoms with Crippen molar-refractivity contribution in [3.63, 3.8) is 0 Å². The number of benzene rings is 2. The second-order valence-corrected chi connectivity index (χ2v) is 5.04. The third-order valence-corrected chi connectivity index (χ3v) is 4.04. The highest BCUT2D eigenvalue weighted by molar-refractivity contribution is 6.07. The van der Waals surface area contributed by atoms with Crippen LogP contribution in [0.2, 0.25) is 0 Å². The summed E-state index contributed by atoms with van der Waals surface area (Å²) in [5, 5.41) is 0. The Hall–Kier alpha value is -2.08. The van der Waals surface area contributed by atoms with Crippen LogP contribution in [0.1, 0.15) is 18.9 Å². The molecule has 0 bridgehead atoms. The van der Waals surface area contributed by atoms with Gasteiger partial charge in [-0.15, -0.1) is 0 Å². The van der Waals surface area contributed by atoms with Gasteiger partial charge in [0.1, 0.15) is 0 Å². The molecule has 2 aromatic rings. The van der Waals surface area contributed by atoms with Crippen LogP contribution in [0.15, 0.2) is 60.2 Å². The fraction of sp³-hybridized carbons (Fsp3) is 0.111. The standard InChI is InChI=1S/C18H14/c1-12-6-4-9-13(12)15-10-5-11-17-14-7-2-3-8-16(14)18(15)17/h2-8,10-11H,9H2,1H3. The molecule has 0 nitrogen and oxygen atoms in total. The molecule has 0 saturated heterocycles. The minimum Gasteiger partial charge on any atom is -0.0798 e. The van der Waals surface area contributed by atoms with Gasteiger partial charge in [-0.2, -0.15) is 0 Å². The van der Waals surface area contributed by atoms with Crippen molar-refractivity contribution in [2.75, 3.05) is 0 Å². The van der Waals surface area contributed by atoms with Crippen molar-refractivity contribution >= 4 is 5.57 Å². The van der Waals surface area contributed by atoms with Crippen LogP contribution < -0.4 is 0 Å². The summed E-state index contributed by atoms with van der Waals surface area (Å²) in [6.45, 7) is 2.21. The van der Waals surface area contributed by atoms with Gasteiger partial charge in [-0.3, -0.25) is 0 Å². The number of rotatable bonds is 1. The minimum atomic E-state index is 1.07. The molecule has 0 aliphatic heterocycles. The Morgan fingerprint density at radius 1 is 0.778 bits per heavy atom. The molecule has 0 N–H and O–H groups in total. The third kappa shape index (κ3) is 1.15. The summed E-state index contributed by atoms with van der Waals surface area (Å²) in [4.78, 5) is 0. The molecular weight excluding hydrogens is 216 g/mol. The average Bonchev–Trinajstić information content (AvgIpc) is 2.81. The molecule has 18 heavy (non-hydrogen) atoms. The summed E-state index contributed by atoms with van der Waals surface area (Å²) in [7, 11) is 0. The van der Waals surface area contributed by atoms with Crippen molar-refractivity contribution in [2.24, 2.45) is 0 Å². The van der Waals surface area contributed by atoms with Crippen LogP contribution in [-0.4, -0.2) is 0 Å². The van der Waals surface area contributed by atoms with E-state index in [9.17, 15) is 0 Å². The molecule has 0 spiro atoms. The number of fused-ring (bicyclic) bond motifs is 4. The second-order valence-electron chi connectivity index (χ2n) is 5.04. The summed E-state index contributed by atoms with van der Waals surface area (Å²) in [6, 6.07) is 15.4. The first-order valence-corrected chi connectivity index (χ1v) is 6.46. The van der Waals surface area contributed by atoms with Crippen LogP contribution in [0.25, 0.3) is 27.8 Å². The van der Waals surface area contributed by atoms with Crippen molar-refractivity contribution < 1.29 is 0 Å². The Balaban J connectivity index is 1.95. The van der Waals surface area contributed by atoms with E-state index >= 15 is 0 Å². The zero-order valence-electron chi connectivity index (χ0n) is 10.4. The Kier molecular flexibility index (Phi) is 1.90. The molecule has 0 saturated carbocycles. The van der Waals surface area contributed by atoms with Gasteiger partial charge in [0, 0.05) is 0 Å². The third-order valence-electron chi connectivity index (χ3n) is 4.04. The van der Waals surface area contributed by atoms with E-state index in [0.717, 1.165) is 6.42 Å². The van der Waals surface area contributed by atoms with Crippen LogP contribution in [-0.2, 0) is 0 Å². The smallest absolute Gasteiger partial charge is 0.00234 e. The average molecular weight is 230 g/mol. The van der Waals surface area contributed by atoms with Crippen LogP contribution in [0, 0.1) is 0 Å². The summed E-state index contributed by atoms with van der Waals surface area (Å²) >= 11 is 0. The SMILES string of the molecule is CC1=C(c2cccc3c2-c2ccccc2-3)CC=C1. The quantitative estimate of drug-likeness (QED) is 0.547. The van der Waals surface area contributed by atoms with Gasteiger partial charge in [-0.1, -0.05) is 54.6 Å². The van der Waals surface area contributed by atoms with Gasteiger partial charge in [0.05, 0.1) is 0 Å². The molecule has 2 aromatic carbocycles. The van der Waals surface area contributed by atoms with Crippen molar-refractivity contribution in [1.29, 1.82) is 0 Å². The van der Waals surface area contributed by atoms with Gasteiger partial charge < -0.3 is 0 Å². The fourth-order valence-corrected chi connectivity index (χ4v) is 3.13. The van der Waals surface area contributed by atoms with E-state index in [2.05, 4.69) is 61.5 Å². The predicted octanol–water partition coefficient (Wildman–Crippen LogP) is 5.07. The van der Waals surface area contributed by atoms with Gasteiger partial charge in [0.2, 0.25) is 0 Å². The molecule has 0 heteroatoms. The zero-order chi connectivity index (χ0) is 12.1. The molecule has 0 amide bonds. The maximum atomic E-state index is 2.26. The topological polar surface area (TPSA) is 0 Å². The highest BCUT2D eigenvalue weighted by Crippen LogP contribution is 2.51. The highest BCUT2D eigenvalue weighted by atomic mass is 14.3. The largest absolute Gasteiger partial charge is 0.0798 e. The maximum Gasteiger partial charge on any atom is -0.00234 e. The predicted molar refractivity (Wildman–Crippen MR) is 77.2 cm³/mol. The van der Waals surface area contributed by atoms with Crippen LogP contribution in [0.5, 0.6) is 0 Å². The van der Waals surface area contributed by atoms with Gasteiger partial charge in [0.15, 0.2) is 0 Å². The molecule has 2 aliphatic rings. The molecule has 0 aromatic heterocycles. The summed E-state index contributed by atoms with van der Waals surface area (Å²) in [5.74, 6) is 0. The van der Waals surface area contributed by atoms with Crippen LogP contribution in [0.3, 0.4) is 0 Å². The van der Waals surface area contributed by atoms with E-state index in [-0.39, 0.29) is 0 Å². The van der Waals surface area contributed by atoms with E-state index in [1.165, 1.54) is 39.0 Å². The molecule has 0 radical (unpaired) electrons. The number of hydrogen-bond acceptors (Lipinski definition) is 0. The van der Waals surface area contributed by atoms with Gasteiger partial charge >= 0.3 is 0 Å². The van der Waals surface area contributed by atoms with Crippen molar-refractivity contribution in [2.45, 2.75) is 13.3 Å². The van der Waals surface area contributed by atoms with Crippen LogP contribution in [0.4, 0.5) is 0 Å². The molecule has 2 aliphatic carbocycles. The Labute approximate surface area is 107 Å². The van der Waals surface area contributed by atoms with E-state index in [1.54, 1.807) is 0 Å². The number of hydrogen-bond donors (Lipinski definition) is 0. The molecule has 0 fully saturated rings. The maximum absolute atomic E-state index is 2.26. The normalized spacial score (nSPS) is 15.4. The van der Waals surface area contributed by atoms with Crippen LogP contribution >= 0.6 is 0 Å². The lowest BCUT2D eigenvalue weighted by molar-refractivity contribution is 1.39. The lowest BCUT2D eigenvalue weighted by atomic mass is 9.76. The molecule has 0 unspecified atom stereocenters. The molecule has 86 valence electrons. The molecule has 0 atom stereocenters. The first-order valence-electron chi connectivity index (χ1n) is 6.46. The van der Waals surface area contributed by atoms with E-state index in [0.29, 0.717) is 0 Å². The Morgan fingerprint density at radius 3 is 2.28 bits per heavy atom. The van der Waals surface area contributed by atoms with Gasteiger partial charge in [-0.05, 0) is 52.3 Å². The summed E-state index contributed by atoms with van der Waals surface area (Å²) < 4.78 is 0. The number of allylic oxidation sites excluding steroid dienone is 4. The minimum absolute atomic E-state index is 1.07. The van der Waals surface area contributed by atoms with Crippen molar-refractivity contribution in [3.8, 4) is 22.3 Å². The summed E-state index contributed by atoms with van der Waals surface area (Å²) in [5.41, 5.74) is 10.00. The van der Waals surface area contributed by atoms with Crippen molar-refractivity contribution in [3.05, 3.63) is 65.8 Å². The van der Waals surface area contributed by atoms with E-state index < -0.39 is 0 Å². The second kappa shape index (κ2) is 3.46. The lowest BCUT2D eigenvalue weighted by Crippen LogP contribution is -2.02. The molecular formula is C18H14. The van der Waals surface area contributed by atoms with E-state index in [4.69, 9.17) is 0 Å². The zero-order valence-corrected chi connectivity index (χ0v) is 10.4. The monoisotopic (exact) mass is 230 g/mol. The van der Waals surface area contributed by atoms with Crippen molar-refractivity contribution in [1.82, 2.24) is 0 Å². The Bertz CT molecular complexity index is 715.